The van der Waals surface area contributed by atoms with Crippen LogP contribution in [0.15, 0.2) is 34.3 Å². The van der Waals surface area contributed by atoms with Gasteiger partial charge in [0.15, 0.2) is 5.82 Å². The first-order chi connectivity index (χ1) is 11.8. The van der Waals surface area contributed by atoms with Gasteiger partial charge >= 0.3 is 0 Å². The molecule has 0 radical (unpaired) electrons. The van der Waals surface area contributed by atoms with Crippen molar-refractivity contribution in [3.8, 4) is 11.4 Å². The van der Waals surface area contributed by atoms with Crippen molar-refractivity contribution in [1.29, 1.82) is 0 Å². The number of hydrogen-bond donors (Lipinski definition) is 1. The van der Waals surface area contributed by atoms with Crippen LogP contribution in [0.3, 0.4) is 0 Å². The van der Waals surface area contributed by atoms with E-state index in [0.717, 1.165) is 16.4 Å². The summed E-state index contributed by atoms with van der Waals surface area (Å²) in [6.45, 7) is 4.22. The molecule has 1 heterocycles. The predicted molar refractivity (Wildman–Crippen MR) is 92.4 cm³/mol. The van der Waals surface area contributed by atoms with Crippen LogP contribution in [0, 0.1) is 0 Å². The Morgan fingerprint density at radius 3 is 2.56 bits per heavy atom. The minimum atomic E-state index is -3.63. The Labute approximate surface area is 149 Å². The molecule has 138 valence electrons. The van der Waals surface area contributed by atoms with Crippen LogP contribution >= 0.6 is 11.8 Å². The van der Waals surface area contributed by atoms with E-state index in [1.165, 1.54) is 16.4 Å². The summed E-state index contributed by atoms with van der Waals surface area (Å²) in [5.74, 6) is 5.61. The highest BCUT2D eigenvalue weighted by atomic mass is 32.2. The maximum atomic E-state index is 12.6. The Hall–Kier alpha value is -1.72. The van der Waals surface area contributed by atoms with Gasteiger partial charge in [0.1, 0.15) is 0 Å². The van der Waals surface area contributed by atoms with E-state index in [1.807, 2.05) is 0 Å². The number of halogens is 2. The van der Waals surface area contributed by atoms with Gasteiger partial charge in [-0.05, 0) is 12.1 Å². The third-order valence-electron chi connectivity index (χ3n) is 3.44. The van der Waals surface area contributed by atoms with Crippen molar-refractivity contribution in [3.05, 3.63) is 24.3 Å². The summed E-state index contributed by atoms with van der Waals surface area (Å²) >= 11 is 0.780. The van der Waals surface area contributed by atoms with Gasteiger partial charge in [0.25, 0.3) is 0 Å². The van der Waals surface area contributed by atoms with Crippen molar-refractivity contribution < 1.29 is 17.2 Å². The average molecular weight is 391 g/mol. The fraction of sp³-hybridized carbons (Fsp3) is 0.429. The summed E-state index contributed by atoms with van der Waals surface area (Å²) in [4.78, 5) is 0.110. The summed E-state index contributed by atoms with van der Waals surface area (Å²) in [6, 6.07) is 6.14. The van der Waals surface area contributed by atoms with Crippen LogP contribution in [0.5, 0.6) is 0 Å². The normalized spacial score (nSPS) is 12.2. The topological polar surface area (TPSA) is 94.1 Å². The zero-order chi connectivity index (χ0) is 18.6. The lowest BCUT2D eigenvalue weighted by Gasteiger charge is -2.18. The van der Waals surface area contributed by atoms with Gasteiger partial charge in [0.2, 0.25) is 21.6 Å². The molecule has 0 atom stereocenters. The molecule has 0 saturated heterocycles. The molecule has 0 unspecified atom stereocenters. The van der Waals surface area contributed by atoms with E-state index in [1.54, 1.807) is 26.0 Å². The zero-order valence-electron chi connectivity index (χ0n) is 13.8. The SMILES string of the molecule is CCN(CC)S(=O)(=O)c1cccc(-c2nnc(SCC(F)F)n2N)c1. The molecule has 2 rings (SSSR count). The number of benzene rings is 1. The minimum Gasteiger partial charge on any atom is -0.335 e. The van der Waals surface area contributed by atoms with Crippen LogP contribution in [-0.4, -0.2) is 52.9 Å². The monoisotopic (exact) mass is 391 g/mol. The van der Waals surface area contributed by atoms with E-state index in [-0.39, 0.29) is 15.9 Å². The smallest absolute Gasteiger partial charge is 0.248 e. The van der Waals surface area contributed by atoms with Gasteiger partial charge in [-0.2, -0.15) is 4.31 Å². The zero-order valence-corrected chi connectivity index (χ0v) is 15.4. The molecular weight excluding hydrogens is 372 g/mol. The third kappa shape index (κ3) is 4.28. The molecule has 0 aliphatic carbocycles. The van der Waals surface area contributed by atoms with Gasteiger partial charge < -0.3 is 5.84 Å². The van der Waals surface area contributed by atoms with Gasteiger partial charge in [0.05, 0.1) is 10.6 Å². The number of thioether (sulfide) groups is 1. The lowest BCUT2D eigenvalue weighted by molar-refractivity contribution is 0.176. The van der Waals surface area contributed by atoms with Crippen molar-refractivity contribution in [2.75, 3.05) is 24.7 Å². The fourth-order valence-corrected chi connectivity index (χ4v) is 4.32. The first-order valence-corrected chi connectivity index (χ1v) is 9.95. The van der Waals surface area contributed by atoms with Gasteiger partial charge in [0, 0.05) is 18.7 Å². The molecule has 0 aliphatic rings. The van der Waals surface area contributed by atoms with E-state index in [2.05, 4.69) is 10.2 Å². The van der Waals surface area contributed by atoms with Crippen molar-refractivity contribution in [2.24, 2.45) is 0 Å². The lowest BCUT2D eigenvalue weighted by Crippen LogP contribution is -2.30. The van der Waals surface area contributed by atoms with Crippen molar-refractivity contribution >= 4 is 21.8 Å². The second kappa shape index (κ2) is 8.11. The Morgan fingerprint density at radius 1 is 1.28 bits per heavy atom. The molecule has 2 aromatic rings. The van der Waals surface area contributed by atoms with Crippen LogP contribution in [0.2, 0.25) is 0 Å². The number of sulfonamides is 1. The van der Waals surface area contributed by atoms with E-state index < -0.39 is 22.2 Å². The van der Waals surface area contributed by atoms with Gasteiger partial charge in [-0.25, -0.2) is 21.9 Å². The molecule has 0 aliphatic heterocycles. The molecule has 0 amide bonds. The quantitative estimate of drug-likeness (QED) is 0.547. The molecule has 7 nitrogen and oxygen atoms in total. The largest absolute Gasteiger partial charge is 0.335 e. The highest BCUT2D eigenvalue weighted by molar-refractivity contribution is 7.99. The minimum absolute atomic E-state index is 0.110. The molecule has 0 fully saturated rings. The average Bonchev–Trinajstić information content (AvgIpc) is 2.94. The molecule has 1 aromatic heterocycles. The van der Waals surface area contributed by atoms with Crippen molar-refractivity contribution in [1.82, 2.24) is 19.2 Å². The van der Waals surface area contributed by atoms with E-state index in [4.69, 9.17) is 5.84 Å². The van der Waals surface area contributed by atoms with Crippen LogP contribution in [0.4, 0.5) is 8.78 Å². The standard InChI is InChI=1S/C14H19F2N5O2S2/c1-3-20(4-2)25(22,23)11-7-5-6-10(8-11)13-18-19-14(21(13)17)24-9-12(15)16/h5-8,12H,3-4,9,17H2,1-2H3. The van der Waals surface area contributed by atoms with Crippen molar-refractivity contribution in [2.45, 2.75) is 30.3 Å². The summed E-state index contributed by atoms with van der Waals surface area (Å²) in [6.07, 6.45) is -2.49. The lowest BCUT2D eigenvalue weighted by atomic mass is 10.2. The van der Waals surface area contributed by atoms with Gasteiger partial charge in [-0.1, -0.05) is 37.7 Å². The first-order valence-electron chi connectivity index (χ1n) is 7.53. The number of nitrogens with two attached hydrogens (primary N) is 1. The maximum Gasteiger partial charge on any atom is 0.248 e. The highest BCUT2D eigenvalue weighted by Crippen LogP contribution is 2.25. The molecule has 0 spiro atoms. The van der Waals surface area contributed by atoms with E-state index >= 15 is 0 Å². The Bertz CT molecular complexity index is 822. The fourth-order valence-electron chi connectivity index (χ4n) is 2.22. The van der Waals surface area contributed by atoms with E-state index in [0.29, 0.717) is 18.7 Å². The Morgan fingerprint density at radius 2 is 1.96 bits per heavy atom. The molecule has 1 aromatic carbocycles. The Kier molecular flexibility index (Phi) is 6.36. The summed E-state index contributed by atoms with van der Waals surface area (Å²) in [7, 11) is -3.63. The van der Waals surface area contributed by atoms with Crippen LogP contribution in [0.25, 0.3) is 11.4 Å². The maximum absolute atomic E-state index is 12.6. The number of alkyl halides is 2. The summed E-state index contributed by atoms with van der Waals surface area (Å²) in [5, 5.41) is 7.80. The highest BCUT2D eigenvalue weighted by Gasteiger charge is 2.23. The second-order valence-electron chi connectivity index (χ2n) is 5.00. The predicted octanol–water partition coefficient (Wildman–Crippen LogP) is 2.05. The van der Waals surface area contributed by atoms with Crippen molar-refractivity contribution in [3.63, 3.8) is 0 Å². The third-order valence-corrected chi connectivity index (χ3v) is 6.44. The molecule has 2 N–H and O–H groups in total. The van der Waals surface area contributed by atoms with E-state index in [9.17, 15) is 17.2 Å². The first kappa shape index (κ1) is 19.6. The molecular formula is C14H19F2N5O2S2. The number of aromatic nitrogens is 3. The van der Waals surface area contributed by atoms with Crippen LogP contribution in [0.1, 0.15) is 13.8 Å². The summed E-state index contributed by atoms with van der Waals surface area (Å²) in [5.41, 5.74) is 0.437. The van der Waals surface area contributed by atoms with Crippen LogP contribution in [-0.2, 0) is 10.0 Å². The Balaban J connectivity index is 2.37. The second-order valence-corrected chi connectivity index (χ2v) is 7.92. The van der Waals surface area contributed by atoms with Gasteiger partial charge in [-0.3, -0.25) is 0 Å². The molecule has 11 heteroatoms. The molecule has 0 saturated carbocycles. The van der Waals surface area contributed by atoms with Crippen LogP contribution < -0.4 is 5.84 Å². The van der Waals surface area contributed by atoms with Gasteiger partial charge in [-0.15, -0.1) is 10.2 Å². The number of hydrogen-bond acceptors (Lipinski definition) is 6. The number of rotatable bonds is 8. The molecule has 0 bridgehead atoms. The number of nitrogen functional groups attached to an aromatic ring is 1. The molecule has 25 heavy (non-hydrogen) atoms. The summed E-state index contributed by atoms with van der Waals surface area (Å²) < 4.78 is 52.3. The number of nitrogens with zero attached hydrogens (tertiary/aromatic N) is 4.